The first-order chi connectivity index (χ1) is 8.13. The van der Waals surface area contributed by atoms with Crippen molar-refractivity contribution < 1.29 is 9.59 Å². The number of carbonyl (C=O) groups excluding carboxylic acids is 2. The maximum absolute atomic E-state index is 11.9. The van der Waals surface area contributed by atoms with Gasteiger partial charge in [0.05, 0.1) is 5.25 Å². The molecule has 1 aliphatic rings. The van der Waals surface area contributed by atoms with Crippen LogP contribution in [0.1, 0.15) is 13.3 Å². The van der Waals surface area contributed by atoms with Gasteiger partial charge in [-0.2, -0.15) is 0 Å². The zero-order valence-corrected chi connectivity index (χ0v) is 10.1. The second kappa shape index (κ2) is 4.70. The van der Waals surface area contributed by atoms with E-state index in [1.807, 2.05) is 0 Å². The number of rotatable bonds is 3. The minimum absolute atomic E-state index is 0.141. The highest BCUT2D eigenvalue weighted by Gasteiger charge is 2.38. The van der Waals surface area contributed by atoms with Crippen molar-refractivity contribution in [2.24, 2.45) is 0 Å². The molecule has 2 amide bonds. The Labute approximate surface area is 103 Å². The number of hydrogen-bond donors (Lipinski definition) is 1. The predicted octanol–water partition coefficient (Wildman–Crippen LogP) is 0.298. The Morgan fingerprint density at radius 1 is 1.47 bits per heavy atom. The van der Waals surface area contributed by atoms with Crippen LogP contribution in [0.2, 0.25) is 0 Å². The summed E-state index contributed by atoms with van der Waals surface area (Å²) in [6, 6.07) is 0. The minimum Gasteiger partial charge on any atom is -0.381 e. The lowest BCUT2D eigenvalue weighted by Crippen LogP contribution is -2.30. The van der Waals surface area contributed by atoms with E-state index >= 15 is 0 Å². The number of thioether (sulfide) groups is 1. The Bertz CT molecular complexity index is 465. The van der Waals surface area contributed by atoms with Crippen molar-refractivity contribution in [2.75, 3.05) is 12.3 Å². The molecule has 17 heavy (non-hydrogen) atoms. The van der Waals surface area contributed by atoms with Gasteiger partial charge in [0.15, 0.2) is 5.82 Å². The highest BCUT2D eigenvalue weighted by molar-refractivity contribution is 8.00. The van der Waals surface area contributed by atoms with Crippen molar-refractivity contribution in [3.63, 3.8) is 0 Å². The summed E-state index contributed by atoms with van der Waals surface area (Å²) >= 11 is 1.20. The number of likely N-dealkylation sites (tertiary alicyclic amines) is 1. The molecule has 1 atom stereocenters. The van der Waals surface area contributed by atoms with Gasteiger partial charge in [-0.05, 0) is 6.92 Å². The number of hydrogen-bond acceptors (Lipinski definition) is 6. The van der Waals surface area contributed by atoms with Crippen molar-refractivity contribution >= 4 is 29.4 Å². The van der Waals surface area contributed by atoms with Gasteiger partial charge in [0, 0.05) is 25.4 Å². The molecular weight excluding hydrogens is 240 g/mol. The summed E-state index contributed by atoms with van der Waals surface area (Å²) in [5, 5.41) is 0.0676. The van der Waals surface area contributed by atoms with E-state index < -0.39 is 5.25 Å². The molecule has 1 fully saturated rings. The van der Waals surface area contributed by atoms with E-state index in [1.165, 1.54) is 29.1 Å². The van der Waals surface area contributed by atoms with Crippen LogP contribution in [0.15, 0.2) is 17.4 Å². The number of nitrogen functional groups attached to an aromatic ring is 1. The van der Waals surface area contributed by atoms with Gasteiger partial charge in [-0.25, -0.2) is 9.97 Å². The van der Waals surface area contributed by atoms with E-state index in [4.69, 9.17) is 5.73 Å². The summed E-state index contributed by atoms with van der Waals surface area (Å²) in [6.07, 6.45) is 3.20. The van der Waals surface area contributed by atoms with Crippen LogP contribution in [0.5, 0.6) is 0 Å². The number of nitrogens with two attached hydrogens (primary N) is 1. The largest absolute Gasteiger partial charge is 0.381 e. The van der Waals surface area contributed by atoms with Crippen LogP contribution >= 0.6 is 11.8 Å². The normalized spacial score (nSPS) is 20.1. The molecule has 1 saturated heterocycles. The SMILES string of the molecule is CCN1C(=O)CC(Sc2nccnc2N)C1=O. The molecule has 1 aromatic rings. The smallest absolute Gasteiger partial charge is 0.243 e. The molecule has 1 aliphatic heterocycles. The highest BCUT2D eigenvalue weighted by atomic mass is 32.2. The van der Waals surface area contributed by atoms with Gasteiger partial charge in [0.25, 0.3) is 0 Å². The summed E-state index contributed by atoms with van der Waals surface area (Å²) < 4.78 is 0. The first kappa shape index (κ1) is 11.8. The first-order valence-electron chi connectivity index (χ1n) is 5.20. The molecule has 2 rings (SSSR count). The van der Waals surface area contributed by atoms with Crippen LogP contribution in [-0.4, -0.2) is 38.5 Å². The van der Waals surface area contributed by atoms with Crippen LogP contribution in [0, 0.1) is 0 Å². The Balaban J connectivity index is 2.14. The lowest BCUT2D eigenvalue weighted by molar-refractivity contribution is -0.137. The molecule has 1 aromatic heterocycles. The van der Waals surface area contributed by atoms with Crippen molar-refractivity contribution in [3.05, 3.63) is 12.4 Å². The Morgan fingerprint density at radius 3 is 2.76 bits per heavy atom. The molecule has 2 heterocycles. The molecule has 90 valence electrons. The standard InChI is InChI=1S/C10H12N4O2S/c1-2-14-7(15)5-6(10(14)16)17-9-8(11)12-3-4-13-9/h3-4,6H,2,5H2,1H3,(H2,11,12). The van der Waals surface area contributed by atoms with Gasteiger partial charge < -0.3 is 5.73 Å². The molecule has 0 aliphatic carbocycles. The van der Waals surface area contributed by atoms with Gasteiger partial charge in [0.1, 0.15) is 5.03 Å². The topological polar surface area (TPSA) is 89.2 Å². The fraction of sp³-hybridized carbons (Fsp3) is 0.400. The lowest BCUT2D eigenvalue weighted by atomic mass is 10.4. The monoisotopic (exact) mass is 252 g/mol. The fourth-order valence-corrected chi connectivity index (χ4v) is 2.66. The number of nitrogens with zero attached hydrogens (tertiary/aromatic N) is 3. The molecule has 2 N–H and O–H groups in total. The maximum Gasteiger partial charge on any atom is 0.243 e. The summed E-state index contributed by atoms with van der Waals surface area (Å²) in [5.41, 5.74) is 5.64. The van der Waals surface area contributed by atoms with Crippen molar-refractivity contribution in [1.29, 1.82) is 0 Å². The van der Waals surface area contributed by atoms with Crippen LogP contribution in [0.3, 0.4) is 0 Å². The van der Waals surface area contributed by atoms with E-state index in [9.17, 15) is 9.59 Å². The van der Waals surface area contributed by atoms with E-state index in [0.29, 0.717) is 11.6 Å². The van der Waals surface area contributed by atoms with E-state index in [1.54, 1.807) is 6.92 Å². The van der Waals surface area contributed by atoms with Gasteiger partial charge in [-0.1, -0.05) is 11.8 Å². The Hall–Kier alpha value is -1.63. The van der Waals surface area contributed by atoms with Crippen molar-refractivity contribution in [2.45, 2.75) is 23.6 Å². The zero-order valence-electron chi connectivity index (χ0n) is 9.29. The number of carbonyl (C=O) groups is 2. The molecular formula is C10H12N4O2S. The average molecular weight is 252 g/mol. The average Bonchev–Trinajstić information content (AvgIpc) is 2.57. The summed E-state index contributed by atoms with van der Waals surface area (Å²) in [4.78, 5) is 32.6. The molecule has 0 aromatic carbocycles. The van der Waals surface area contributed by atoms with E-state index in [-0.39, 0.29) is 24.1 Å². The Morgan fingerprint density at radius 2 is 2.18 bits per heavy atom. The van der Waals surface area contributed by atoms with Crippen LogP contribution in [0.4, 0.5) is 5.82 Å². The highest BCUT2D eigenvalue weighted by Crippen LogP contribution is 2.31. The number of imide groups is 1. The molecule has 0 radical (unpaired) electrons. The third-order valence-electron chi connectivity index (χ3n) is 2.46. The molecule has 0 saturated carbocycles. The maximum atomic E-state index is 11.9. The van der Waals surface area contributed by atoms with E-state index in [2.05, 4.69) is 9.97 Å². The quantitative estimate of drug-likeness (QED) is 0.778. The third-order valence-corrected chi connectivity index (χ3v) is 3.65. The molecule has 0 bridgehead atoms. The Kier molecular flexibility index (Phi) is 3.28. The predicted molar refractivity (Wildman–Crippen MR) is 63.1 cm³/mol. The first-order valence-corrected chi connectivity index (χ1v) is 6.08. The van der Waals surface area contributed by atoms with Crippen LogP contribution in [0.25, 0.3) is 0 Å². The van der Waals surface area contributed by atoms with Gasteiger partial charge in [-0.15, -0.1) is 0 Å². The number of aromatic nitrogens is 2. The van der Waals surface area contributed by atoms with Crippen LogP contribution < -0.4 is 5.73 Å². The van der Waals surface area contributed by atoms with Gasteiger partial charge in [-0.3, -0.25) is 14.5 Å². The second-order valence-corrected chi connectivity index (χ2v) is 4.73. The second-order valence-electron chi connectivity index (χ2n) is 3.53. The molecule has 6 nitrogen and oxygen atoms in total. The number of anilines is 1. The number of amides is 2. The van der Waals surface area contributed by atoms with E-state index in [0.717, 1.165) is 0 Å². The molecule has 7 heteroatoms. The van der Waals surface area contributed by atoms with Crippen molar-refractivity contribution in [3.8, 4) is 0 Å². The molecule has 0 spiro atoms. The van der Waals surface area contributed by atoms with Crippen LogP contribution in [-0.2, 0) is 9.59 Å². The summed E-state index contributed by atoms with van der Waals surface area (Å²) in [5.74, 6) is -0.0299. The summed E-state index contributed by atoms with van der Waals surface area (Å²) in [7, 11) is 0. The fourth-order valence-electron chi connectivity index (χ4n) is 1.64. The van der Waals surface area contributed by atoms with Gasteiger partial charge in [0.2, 0.25) is 11.8 Å². The lowest BCUT2D eigenvalue weighted by Gasteiger charge is -2.11. The molecule has 1 unspecified atom stereocenters. The third kappa shape index (κ3) is 2.23. The minimum atomic E-state index is -0.429. The summed E-state index contributed by atoms with van der Waals surface area (Å²) in [6.45, 7) is 2.18. The van der Waals surface area contributed by atoms with Crippen molar-refractivity contribution in [1.82, 2.24) is 14.9 Å². The zero-order chi connectivity index (χ0) is 12.4. The van der Waals surface area contributed by atoms with Gasteiger partial charge >= 0.3 is 0 Å².